The second-order valence-corrected chi connectivity index (χ2v) is 26.9. The number of aliphatic hydroxyl groups excluding tert-OH is 1. The van der Waals surface area contributed by atoms with E-state index in [4.69, 9.17) is 59.2 Å². The van der Waals surface area contributed by atoms with Crippen LogP contribution in [0.1, 0.15) is 116 Å². The first-order valence-electron chi connectivity index (χ1n) is 32.9. The van der Waals surface area contributed by atoms with Gasteiger partial charge in [0.15, 0.2) is 0 Å². The number of amides is 2. The molecule has 2 aliphatic rings. The smallest absolute Gasteiger partial charge is 0.870 e. The molecule has 13 rings (SSSR count). The van der Waals surface area contributed by atoms with Crippen LogP contribution in [-0.4, -0.2) is 143 Å². The van der Waals surface area contributed by atoms with E-state index in [0.717, 1.165) is 106 Å². The number of hydrogen-bond acceptors (Lipinski definition) is 24. The number of carbonyl (C=O) groups is 5. The molecule has 8 aromatic heterocycles. The molecule has 0 saturated heterocycles. The van der Waals surface area contributed by atoms with Crippen LogP contribution >= 0.6 is 47.8 Å². The normalized spacial score (nSPS) is 14.1. The summed E-state index contributed by atoms with van der Waals surface area (Å²) in [4.78, 5) is 78.1. The van der Waals surface area contributed by atoms with Gasteiger partial charge in [0.1, 0.15) is 45.8 Å². The molecule has 4 atom stereocenters. The van der Waals surface area contributed by atoms with E-state index in [2.05, 4.69) is 128 Å². The first-order valence-corrected chi connectivity index (χ1v) is 35.3. The summed E-state index contributed by atoms with van der Waals surface area (Å²) >= 11 is 9.69. The van der Waals surface area contributed by atoms with Crippen LogP contribution in [0.25, 0.3) is 44.5 Å². The first kappa shape index (κ1) is 92.9. The largest absolute Gasteiger partial charge is 1.00 e. The Bertz CT molecular complexity index is 4880. The Morgan fingerprint density at radius 3 is 1.18 bits per heavy atom. The van der Waals surface area contributed by atoms with Gasteiger partial charge in [-0.05, 0) is 147 Å². The van der Waals surface area contributed by atoms with Crippen LogP contribution in [0.15, 0.2) is 185 Å². The Hall–Kier alpha value is -10.5. The molecule has 2 fully saturated rings. The number of carboxylic acid groups (broad SMARTS) is 2. The fourth-order valence-electron chi connectivity index (χ4n) is 11.1. The van der Waals surface area contributed by atoms with Crippen LogP contribution < -0.4 is 74.6 Å². The molecule has 3 aromatic carbocycles. The number of nitrogens with zero attached hydrogens (tertiary/aromatic N) is 11. The fourth-order valence-corrected chi connectivity index (χ4v) is 12.0. The number of esters is 1. The maximum Gasteiger partial charge on any atom is 1.00 e. The Kier molecular flexibility index (Phi) is 37.6. The Labute approximate surface area is 689 Å². The van der Waals surface area contributed by atoms with Crippen molar-refractivity contribution in [3.8, 4) is 44.5 Å². The molecule has 8 heterocycles. The molecule has 31 nitrogen and oxygen atoms in total. The van der Waals surface area contributed by atoms with Crippen molar-refractivity contribution >= 4 is 112 Å². The number of benzene rings is 3. The predicted octanol–water partition coefficient (Wildman–Crippen LogP) is 8.68. The first-order chi connectivity index (χ1) is 51.3. The third-order valence-electron chi connectivity index (χ3n) is 16.5. The van der Waals surface area contributed by atoms with E-state index in [1.165, 1.54) is 37.8 Å². The third kappa shape index (κ3) is 26.9. The number of hydrogen-bond donors (Lipinski definition) is 11. The van der Waals surface area contributed by atoms with Gasteiger partial charge in [0.25, 0.3) is 11.8 Å². The SMILES string of the molecule is C.C.CO.COC(=O)c1cc(Br)cnc1N.Cn1cc(-c2cnc(N)c(C(=O)N[C@H]3CCC[C@@H]3OCc3ccc(-c4cccc(N)c4)cc3)c2)cn1.Cn1cc(-c2cnc(N)c(C(=O)N[C@H]3CCC[C@@H]3OCc3ccc(Br)cc3)c2)cn1.Cn1cc(-c2cnc(N)c(C(=O)O)c2)cn1.Nc1ncc(Br)cc1C(=O)O.[Na+].[OH-]. The number of nitrogens with one attached hydrogen (secondary N) is 2. The number of pyridine rings is 5. The van der Waals surface area contributed by atoms with Gasteiger partial charge in [-0.15, -0.1) is 0 Å². The molecule has 11 aromatic rings. The topological polar surface area (TPSA) is 502 Å². The van der Waals surface area contributed by atoms with E-state index >= 15 is 0 Å². The number of carboxylic acids is 2. The van der Waals surface area contributed by atoms with E-state index in [9.17, 15) is 24.0 Å². The zero-order valence-corrected chi connectivity index (χ0v) is 67.0. The van der Waals surface area contributed by atoms with Crippen LogP contribution in [0.3, 0.4) is 0 Å². The summed E-state index contributed by atoms with van der Waals surface area (Å²) in [5.74, 6) is -2.48. The number of aromatic carboxylic acids is 2. The molecular formula is C76H89Br3N19NaO12. The molecule has 18 N–H and O–H groups in total. The number of carbonyl (C=O) groups excluding carboxylic acids is 3. The van der Waals surface area contributed by atoms with Gasteiger partial charge in [-0.3, -0.25) is 23.6 Å². The monoisotopic (exact) mass is 1720 g/mol. The summed E-state index contributed by atoms with van der Waals surface area (Å²) in [6, 6.07) is 32.0. The van der Waals surface area contributed by atoms with Gasteiger partial charge in [0.2, 0.25) is 0 Å². The van der Waals surface area contributed by atoms with E-state index in [0.29, 0.717) is 38.8 Å². The van der Waals surface area contributed by atoms with Crippen molar-refractivity contribution in [2.24, 2.45) is 21.1 Å². The van der Waals surface area contributed by atoms with Crippen LogP contribution in [0.2, 0.25) is 0 Å². The van der Waals surface area contributed by atoms with Gasteiger partial charge >= 0.3 is 47.5 Å². The summed E-state index contributed by atoms with van der Waals surface area (Å²) in [6.45, 7) is 0.999. The number of aliphatic hydroxyl groups is 1. The second-order valence-electron chi connectivity index (χ2n) is 24.1. The van der Waals surface area contributed by atoms with Crippen molar-refractivity contribution in [2.45, 2.75) is 90.9 Å². The molecule has 0 radical (unpaired) electrons. The number of nitrogens with two attached hydrogens (primary N) is 6. The molecule has 0 bridgehead atoms. The number of aryl methyl sites for hydroxylation is 3. The minimum Gasteiger partial charge on any atom is -0.870 e. The zero-order valence-electron chi connectivity index (χ0n) is 60.2. The quantitative estimate of drug-likeness (QED) is 0.0230. The molecule has 2 saturated carbocycles. The van der Waals surface area contributed by atoms with Crippen LogP contribution in [0.4, 0.5) is 34.8 Å². The fraction of sp³-hybridized carbons (Fsp3) is 0.250. The van der Waals surface area contributed by atoms with Crippen molar-refractivity contribution < 1.29 is 88.5 Å². The standard InChI is InChI=1S/C28H30N6O2.C22H24BrN5O2.C10H10N4O2.C7H7BrN2O2.C6H5BrN2O2.CH4O.2CH4.Na.H2O/c1-34-16-22(15-32-34)21-13-24(27(30)31-14-21)28(35)33-25-6-3-7-26(25)36-17-18-8-10-19(11-9-18)20-4-2-5-23(29)12-20;1-28-12-16(11-26-28)15-9-18(21(24)25-10-15)22(29)27-19-3-2-4-20(19)30-13-14-5-7-17(23)8-6-14;1-14-5-7(4-13-14)6-2-8(10(15)16)9(11)12-3-6;1-12-7(11)5-2-4(8)3-10-6(5)9;7-3-1-4(6(10)11)5(8)9-2-3;1-2;;;;/h2,4-5,8-16,25-26H,3,6-7,17,29H2,1H3,(H2,30,31)(H,33,35);5-12,19-20H,2-4,13H2,1H3,(H2,24,25)(H,27,29);2-5H,1H3,(H2,11,12)(H,15,16);2-3H,1H3,(H2,9,10);1-2H,(H2,8,9)(H,10,11);2H,1H3;2*1H4;;1H2/q;;;;;;;;+1;/p-1/t25-,26-;19-,20-;;;;;;;;/m00......../s1. The number of halogens is 3. The van der Waals surface area contributed by atoms with Gasteiger partial charge in [0, 0.05) is 130 Å². The van der Waals surface area contributed by atoms with Crippen molar-refractivity contribution in [1.29, 1.82) is 0 Å². The van der Waals surface area contributed by atoms with Gasteiger partial charge in [0.05, 0.1) is 74.3 Å². The summed E-state index contributed by atoms with van der Waals surface area (Å²) < 4.78 is 24.2. The van der Waals surface area contributed by atoms with Gasteiger partial charge in [-0.1, -0.05) is 79.3 Å². The summed E-state index contributed by atoms with van der Waals surface area (Å²) in [5, 5.41) is 43.0. The van der Waals surface area contributed by atoms with Crippen molar-refractivity contribution in [1.82, 2.24) is 64.9 Å². The summed E-state index contributed by atoms with van der Waals surface area (Å²) in [7, 11) is 7.77. The molecule has 582 valence electrons. The maximum absolute atomic E-state index is 13.1. The van der Waals surface area contributed by atoms with E-state index < -0.39 is 17.9 Å². The minimum absolute atomic E-state index is 0. The summed E-state index contributed by atoms with van der Waals surface area (Å²) in [6.07, 6.45) is 23.9. The minimum atomic E-state index is -1.09. The average molecular weight is 1720 g/mol. The van der Waals surface area contributed by atoms with Crippen molar-refractivity contribution in [2.75, 3.05) is 48.6 Å². The number of nitrogen functional groups attached to an aromatic ring is 6. The van der Waals surface area contributed by atoms with Gasteiger partial charge < -0.3 is 80.0 Å². The van der Waals surface area contributed by atoms with Crippen LogP contribution in [0.5, 0.6) is 0 Å². The molecule has 2 amide bonds. The van der Waals surface area contributed by atoms with Gasteiger partial charge in [-0.2, -0.15) is 15.3 Å². The molecule has 0 aliphatic heterocycles. The number of anilines is 6. The molecular weight excluding hydrogens is 1630 g/mol. The zero-order chi connectivity index (χ0) is 77.4. The molecule has 2 aliphatic carbocycles. The van der Waals surface area contributed by atoms with E-state index in [-0.39, 0.29) is 132 Å². The number of rotatable bonds is 17. The molecule has 0 unspecified atom stereocenters. The second kappa shape index (κ2) is 45.0. The predicted molar refractivity (Wildman–Crippen MR) is 432 cm³/mol. The Morgan fingerprint density at radius 2 is 0.811 bits per heavy atom. The average Bonchev–Trinajstić information content (AvgIpc) is 1.80. The molecule has 35 heteroatoms. The molecule has 111 heavy (non-hydrogen) atoms. The van der Waals surface area contributed by atoms with Crippen LogP contribution in [-0.2, 0) is 48.6 Å². The molecule has 0 spiro atoms. The number of aromatic nitrogens is 11. The van der Waals surface area contributed by atoms with Crippen molar-refractivity contribution in [3.63, 3.8) is 0 Å². The Morgan fingerprint density at radius 1 is 0.450 bits per heavy atom. The van der Waals surface area contributed by atoms with Crippen LogP contribution in [0, 0.1) is 0 Å². The van der Waals surface area contributed by atoms with Crippen molar-refractivity contribution in [3.05, 3.63) is 224 Å². The number of ether oxygens (including phenoxy) is 3. The maximum atomic E-state index is 13.1. The Balaban J connectivity index is 0.000000310. The van der Waals surface area contributed by atoms with E-state index in [1.54, 1.807) is 76.5 Å². The summed E-state index contributed by atoms with van der Waals surface area (Å²) in [5.41, 5.74) is 45.1. The van der Waals surface area contributed by atoms with Gasteiger partial charge in [-0.25, -0.2) is 39.3 Å². The third-order valence-corrected chi connectivity index (χ3v) is 17.9. The number of methoxy groups -OCH3 is 1. The van der Waals surface area contributed by atoms with E-state index in [1.807, 2.05) is 75.0 Å².